The predicted molar refractivity (Wildman–Crippen MR) is 73.1 cm³/mol. The van der Waals surface area contributed by atoms with E-state index in [2.05, 4.69) is 0 Å². The molecule has 130 valence electrons. The number of aliphatic hydroxyl groups is 1. The van der Waals surface area contributed by atoms with Gasteiger partial charge in [0.05, 0.1) is 6.61 Å². The molecule has 1 N–H and O–H groups in total. The van der Waals surface area contributed by atoms with E-state index in [-0.39, 0.29) is 0 Å². The standard InChI is InChI=1S/C14H20O9/c1-6(16)11-13(21-8(3)18)14(22-9(4)19)12(20-7(2)17)10(5-15)23-11/h10-15H,5H2,1-4H3/t10-,11+,12-,13+,14+/m1/s1. The molecule has 1 rings (SSSR count). The van der Waals surface area contributed by atoms with Crippen molar-refractivity contribution in [1.29, 1.82) is 0 Å². The molecule has 5 atom stereocenters. The van der Waals surface area contributed by atoms with Gasteiger partial charge in [0.25, 0.3) is 0 Å². The number of Topliss-reactive ketones (excluding diaryl/α,β-unsaturated/α-hetero) is 1. The third kappa shape index (κ3) is 5.00. The van der Waals surface area contributed by atoms with E-state index in [4.69, 9.17) is 18.9 Å². The third-order valence-electron chi connectivity index (χ3n) is 3.12. The Hall–Kier alpha value is -2.00. The Morgan fingerprint density at radius 3 is 1.65 bits per heavy atom. The van der Waals surface area contributed by atoms with Crippen LogP contribution in [-0.4, -0.2) is 65.9 Å². The minimum atomic E-state index is -1.29. The predicted octanol–water partition coefficient (Wildman–Crippen LogP) is -0.870. The molecule has 23 heavy (non-hydrogen) atoms. The lowest BCUT2D eigenvalue weighted by Crippen LogP contribution is -2.63. The Labute approximate surface area is 132 Å². The van der Waals surface area contributed by atoms with Gasteiger partial charge in [-0.15, -0.1) is 0 Å². The summed E-state index contributed by atoms with van der Waals surface area (Å²) in [6.07, 6.45) is -6.15. The number of esters is 3. The fraction of sp³-hybridized carbons (Fsp3) is 0.714. The van der Waals surface area contributed by atoms with E-state index >= 15 is 0 Å². The van der Waals surface area contributed by atoms with Crippen LogP contribution >= 0.6 is 0 Å². The lowest BCUT2D eigenvalue weighted by Gasteiger charge is -2.43. The van der Waals surface area contributed by atoms with Gasteiger partial charge in [-0.3, -0.25) is 19.2 Å². The molecule has 0 aromatic carbocycles. The van der Waals surface area contributed by atoms with Crippen LogP contribution in [0.25, 0.3) is 0 Å². The Balaban J connectivity index is 3.25. The average molecular weight is 332 g/mol. The highest BCUT2D eigenvalue weighted by Gasteiger charge is 2.52. The van der Waals surface area contributed by atoms with Crippen molar-refractivity contribution in [3.63, 3.8) is 0 Å². The Morgan fingerprint density at radius 1 is 0.826 bits per heavy atom. The molecule has 1 aliphatic heterocycles. The largest absolute Gasteiger partial charge is 0.456 e. The molecule has 0 amide bonds. The molecular weight excluding hydrogens is 312 g/mol. The van der Waals surface area contributed by atoms with E-state index in [1.165, 1.54) is 6.92 Å². The van der Waals surface area contributed by atoms with E-state index in [1.807, 2.05) is 0 Å². The number of carbonyl (C=O) groups excluding carboxylic acids is 4. The van der Waals surface area contributed by atoms with Crippen LogP contribution in [0.3, 0.4) is 0 Å². The SMILES string of the molecule is CC(=O)O[C@@H]1[C@@H](OC(C)=O)[C@H](C(C)=O)O[C@H](CO)[C@H]1OC(C)=O. The second-order valence-electron chi connectivity index (χ2n) is 5.11. The second kappa shape index (κ2) is 8.02. The van der Waals surface area contributed by atoms with Crippen molar-refractivity contribution in [3.05, 3.63) is 0 Å². The molecule has 9 heteroatoms. The fourth-order valence-corrected chi connectivity index (χ4v) is 2.37. The number of hydrogen-bond acceptors (Lipinski definition) is 9. The Kier molecular flexibility index (Phi) is 6.64. The normalized spacial score (nSPS) is 30.2. The highest BCUT2D eigenvalue weighted by atomic mass is 16.6. The monoisotopic (exact) mass is 332 g/mol. The molecule has 0 spiro atoms. The average Bonchev–Trinajstić information content (AvgIpc) is 2.40. The lowest BCUT2D eigenvalue weighted by molar-refractivity contribution is -0.247. The zero-order valence-corrected chi connectivity index (χ0v) is 13.3. The first-order chi connectivity index (χ1) is 10.7. The summed E-state index contributed by atoms with van der Waals surface area (Å²) < 4.78 is 20.6. The van der Waals surface area contributed by atoms with Crippen LogP contribution in [0.4, 0.5) is 0 Å². The first-order valence-corrected chi connectivity index (χ1v) is 6.95. The number of ether oxygens (including phenoxy) is 4. The van der Waals surface area contributed by atoms with Gasteiger partial charge in [-0.2, -0.15) is 0 Å². The molecule has 0 bridgehead atoms. The van der Waals surface area contributed by atoms with Gasteiger partial charge in [0, 0.05) is 20.8 Å². The minimum Gasteiger partial charge on any atom is -0.456 e. The quantitative estimate of drug-likeness (QED) is 0.505. The number of hydrogen-bond donors (Lipinski definition) is 1. The zero-order chi connectivity index (χ0) is 17.7. The van der Waals surface area contributed by atoms with Crippen molar-refractivity contribution in [2.45, 2.75) is 58.2 Å². The summed E-state index contributed by atoms with van der Waals surface area (Å²) in [5.74, 6) is -2.67. The number of rotatable bonds is 5. The Morgan fingerprint density at radius 2 is 1.26 bits per heavy atom. The molecule has 1 aliphatic rings. The second-order valence-corrected chi connectivity index (χ2v) is 5.11. The van der Waals surface area contributed by atoms with Gasteiger partial charge in [0.15, 0.2) is 30.2 Å². The third-order valence-corrected chi connectivity index (χ3v) is 3.12. The zero-order valence-electron chi connectivity index (χ0n) is 13.3. The molecule has 0 aliphatic carbocycles. The minimum absolute atomic E-state index is 0.492. The number of aliphatic hydroxyl groups excluding tert-OH is 1. The highest BCUT2D eigenvalue weighted by molar-refractivity contribution is 5.82. The first kappa shape index (κ1) is 19.0. The fourth-order valence-electron chi connectivity index (χ4n) is 2.37. The van der Waals surface area contributed by atoms with Crippen LogP contribution in [0.5, 0.6) is 0 Å². The van der Waals surface area contributed by atoms with E-state index in [0.29, 0.717) is 0 Å². The van der Waals surface area contributed by atoms with Crippen LogP contribution in [0.2, 0.25) is 0 Å². The van der Waals surface area contributed by atoms with Gasteiger partial charge >= 0.3 is 17.9 Å². The molecule has 1 heterocycles. The van der Waals surface area contributed by atoms with Crippen molar-refractivity contribution in [2.75, 3.05) is 6.61 Å². The van der Waals surface area contributed by atoms with Gasteiger partial charge in [0.1, 0.15) is 6.10 Å². The van der Waals surface area contributed by atoms with Gasteiger partial charge < -0.3 is 24.1 Å². The molecule has 1 fully saturated rings. The maximum Gasteiger partial charge on any atom is 0.303 e. The maximum atomic E-state index is 11.8. The van der Waals surface area contributed by atoms with Crippen molar-refractivity contribution in [3.8, 4) is 0 Å². The highest BCUT2D eigenvalue weighted by Crippen LogP contribution is 2.29. The van der Waals surface area contributed by atoms with Gasteiger partial charge in [-0.25, -0.2) is 0 Å². The van der Waals surface area contributed by atoms with Gasteiger partial charge in [-0.1, -0.05) is 0 Å². The molecule has 0 saturated carbocycles. The summed E-state index contributed by atoms with van der Waals surface area (Å²) >= 11 is 0. The number of ketones is 1. The van der Waals surface area contributed by atoms with Crippen molar-refractivity contribution in [1.82, 2.24) is 0 Å². The smallest absolute Gasteiger partial charge is 0.303 e. The summed E-state index contributed by atoms with van der Waals surface area (Å²) in [5, 5.41) is 9.42. The topological polar surface area (TPSA) is 125 Å². The molecule has 0 aromatic rings. The molecular formula is C14H20O9. The van der Waals surface area contributed by atoms with E-state index in [9.17, 15) is 24.3 Å². The van der Waals surface area contributed by atoms with Crippen LogP contribution in [0.15, 0.2) is 0 Å². The first-order valence-electron chi connectivity index (χ1n) is 6.95. The maximum absolute atomic E-state index is 11.8. The van der Waals surface area contributed by atoms with Crippen LogP contribution < -0.4 is 0 Å². The summed E-state index contributed by atoms with van der Waals surface area (Å²) in [7, 11) is 0. The van der Waals surface area contributed by atoms with Gasteiger partial charge in [-0.05, 0) is 6.92 Å². The molecule has 0 aromatic heterocycles. The van der Waals surface area contributed by atoms with Crippen molar-refractivity contribution in [2.24, 2.45) is 0 Å². The summed E-state index contributed by atoms with van der Waals surface area (Å²) in [5.41, 5.74) is 0. The Bertz CT molecular complexity index is 487. The molecule has 9 nitrogen and oxygen atoms in total. The summed E-state index contributed by atoms with van der Waals surface area (Å²) in [6, 6.07) is 0. The molecule has 0 radical (unpaired) electrons. The van der Waals surface area contributed by atoms with Crippen molar-refractivity contribution < 1.29 is 43.2 Å². The van der Waals surface area contributed by atoms with E-state index in [0.717, 1.165) is 20.8 Å². The van der Waals surface area contributed by atoms with Gasteiger partial charge in [0.2, 0.25) is 0 Å². The summed E-state index contributed by atoms with van der Waals surface area (Å²) in [4.78, 5) is 45.7. The van der Waals surface area contributed by atoms with E-state index in [1.54, 1.807) is 0 Å². The van der Waals surface area contributed by atoms with Crippen molar-refractivity contribution >= 4 is 23.7 Å². The summed E-state index contributed by atoms with van der Waals surface area (Å²) in [6.45, 7) is 3.96. The molecule has 1 saturated heterocycles. The van der Waals surface area contributed by atoms with E-state index < -0.39 is 60.8 Å². The van der Waals surface area contributed by atoms with Crippen LogP contribution in [0.1, 0.15) is 27.7 Å². The lowest BCUT2D eigenvalue weighted by atomic mass is 9.92. The molecule has 0 unspecified atom stereocenters. The number of carbonyl (C=O) groups is 4. The van der Waals surface area contributed by atoms with Crippen LogP contribution in [0, 0.1) is 0 Å². The van der Waals surface area contributed by atoms with Crippen LogP contribution in [-0.2, 0) is 38.1 Å².